The molecule has 0 radical (unpaired) electrons. The third-order valence-corrected chi connectivity index (χ3v) is 3.14. The van der Waals surface area contributed by atoms with Crippen LogP contribution in [0.25, 0.3) is 0 Å². The zero-order chi connectivity index (χ0) is 13.1. The number of benzene rings is 1. The maximum Gasteiger partial charge on any atom is 0.246 e. The van der Waals surface area contributed by atoms with Crippen LogP contribution in [0.5, 0.6) is 0 Å². The Kier molecular flexibility index (Phi) is 3.55. The summed E-state index contributed by atoms with van der Waals surface area (Å²) in [5.74, 6) is 0.0880. The molecule has 1 heterocycles. The van der Waals surface area contributed by atoms with Crippen LogP contribution in [0.15, 0.2) is 30.5 Å². The summed E-state index contributed by atoms with van der Waals surface area (Å²) in [6.07, 6.45) is 0.908. The van der Waals surface area contributed by atoms with E-state index in [-0.39, 0.29) is 5.91 Å². The second-order valence-corrected chi connectivity index (χ2v) is 4.48. The Morgan fingerprint density at radius 1 is 1.50 bits per heavy atom. The van der Waals surface area contributed by atoms with Crippen LogP contribution in [-0.4, -0.2) is 26.0 Å². The number of rotatable bonds is 4. The quantitative estimate of drug-likeness (QED) is 0.849. The number of anilines is 2. The minimum Gasteiger partial charge on any atom is -0.388 e. The van der Waals surface area contributed by atoms with Gasteiger partial charge in [0.1, 0.15) is 0 Å². The van der Waals surface area contributed by atoms with Crippen molar-refractivity contribution in [1.29, 1.82) is 0 Å². The largest absolute Gasteiger partial charge is 0.388 e. The molecule has 1 aromatic carbocycles. The number of nitrogens with zero attached hydrogens (tertiary/aromatic N) is 1. The van der Waals surface area contributed by atoms with Crippen LogP contribution in [0, 0.1) is 0 Å². The second kappa shape index (κ2) is 5.12. The molecule has 0 atom stereocenters. The van der Waals surface area contributed by atoms with Crippen LogP contribution < -0.4 is 15.5 Å². The topological polar surface area (TPSA) is 44.4 Å². The summed E-state index contributed by atoms with van der Waals surface area (Å²) in [6, 6.07) is 6.02. The standard InChI is InChI=1S/C14H19N3O/c1-10(2)16-9-14(18)17-8-7-11-12(15-3)5-4-6-13(11)17/h4-6,15-16H,1,7-9H2,2-3H3. The zero-order valence-corrected chi connectivity index (χ0v) is 10.9. The Morgan fingerprint density at radius 2 is 2.28 bits per heavy atom. The summed E-state index contributed by atoms with van der Waals surface area (Å²) in [6.45, 7) is 6.64. The maximum absolute atomic E-state index is 12.1. The van der Waals surface area contributed by atoms with Gasteiger partial charge in [0.05, 0.1) is 6.54 Å². The molecule has 2 N–H and O–H groups in total. The van der Waals surface area contributed by atoms with E-state index in [1.807, 2.05) is 37.1 Å². The molecule has 0 saturated heterocycles. The van der Waals surface area contributed by atoms with Crippen LogP contribution in [0.3, 0.4) is 0 Å². The van der Waals surface area contributed by atoms with Gasteiger partial charge in [-0.05, 0) is 25.5 Å². The lowest BCUT2D eigenvalue weighted by Gasteiger charge is -2.18. The lowest BCUT2D eigenvalue weighted by atomic mass is 10.1. The van der Waals surface area contributed by atoms with Crippen LogP contribution in [0.1, 0.15) is 12.5 Å². The van der Waals surface area contributed by atoms with Crippen molar-refractivity contribution in [3.05, 3.63) is 36.0 Å². The third-order valence-electron chi connectivity index (χ3n) is 3.14. The first-order valence-electron chi connectivity index (χ1n) is 6.13. The summed E-state index contributed by atoms with van der Waals surface area (Å²) < 4.78 is 0. The van der Waals surface area contributed by atoms with Crippen molar-refractivity contribution in [3.8, 4) is 0 Å². The van der Waals surface area contributed by atoms with Gasteiger partial charge in [-0.25, -0.2) is 0 Å². The number of amides is 1. The summed E-state index contributed by atoms with van der Waals surface area (Å²) in [5, 5.41) is 6.15. The highest BCUT2D eigenvalue weighted by molar-refractivity contribution is 5.97. The summed E-state index contributed by atoms with van der Waals surface area (Å²) in [5.41, 5.74) is 4.17. The number of allylic oxidation sites excluding steroid dienone is 1. The van der Waals surface area contributed by atoms with Gasteiger partial charge in [0.25, 0.3) is 0 Å². The first kappa shape index (κ1) is 12.5. The van der Waals surface area contributed by atoms with Crippen LogP contribution in [0.4, 0.5) is 11.4 Å². The van der Waals surface area contributed by atoms with Crippen molar-refractivity contribution in [3.63, 3.8) is 0 Å². The molecule has 18 heavy (non-hydrogen) atoms. The molecular formula is C14H19N3O. The van der Waals surface area contributed by atoms with Gasteiger partial charge in [0.2, 0.25) is 5.91 Å². The first-order chi connectivity index (χ1) is 8.63. The fourth-order valence-corrected chi connectivity index (χ4v) is 2.25. The highest BCUT2D eigenvalue weighted by Gasteiger charge is 2.25. The predicted octanol–water partition coefficient (Wildman–Crippen LogP) is 1.74. The van der Waals surface area contributed by atoms with Crippen molar-refractivity contribution >= 4 is 17.3 Å². The average molecular weight is 245 g/mol. The number of hydrogen-bond acceptors (Lipinski definition) is 3. The Balaban J connectivity index is 2.16. The minimum atomic E-state index is 0.0880. The maximum atomic E-state index is 12.1. The van der Waals surface area contributed by atoms with E-state index in [4.69, 9.17) is 0 Å². The summed E-state index contributed by atoms with van der Waals surface area (Å²) >= 11 is 0. The van der Waals surface area contributed by atoms with E-state index in [0.717, 1.165) is 30.0 Å². The highest BCUT2D eigenvalue weighted by Crippen LogP contribution is 2.33. The van der Waals surface area contributed by atoms with E-state index in [1.165, 1.54) is 5.56 Å². The fraction of sp³-hybridized carbons (Fsp3) is 0.357. The number of nitrogens with one attached hydrogen (secondary N) is 2. The van der Waals surface area contributed by atoms with Gasteiger partial charge in [0.15, 0.2) is 0 Å². The van der Waals surface area contributed by atoms with Crippen molar-refractivity contribution in [2.75, 3.05) is 30.4 Å². The molecule has 4 heteroatoms. The monoisotopic (exact) mass is 245 g/mol. The number of fused-ring (bicyclic) bond motifs is 1. The third kappa shape index (κ3) is 2.32. The van der Waals surface area contributed by atoms with Gasteiger partial charge >= 0.3 is 0 Å². The molecule has 0 aromatic heterocycles. The molecule has 1 aliphatic rings. The molecule has 96 valence electrons. The Labute approximate surface area is 108 Å². The molecule has 4 nitrogen and oxygen atoms in total. The van der Waals surface area contributed by atoms with E-state index in [9.17, 15) is 4.79 Å². The molecule has 2 rings (SSSR count). The van der Waals surface area contributed by atoms with Gasteiger partial charge in [-0.2, -0.15) is 0 Å². The Bertz CT molecular complexity index is 482. The fourth-order valence-electron chi connectivity index (χ4n) is 2.25. The highest BCUT2D eigenvalue weighted by atomic mass is 16.2. The zero-order valence-electron chi connectivity index (χ0n) is 10.9. The number of carbonyl (C=O) groups excluding carboxylic acids is 1. The van der Waals surface area contributed by atoms with Crippen LogP contribution in [-0.2, 0) is 11.2 Å². The van der Waals surface area contributed by atoms with E-state index in [0.29, 0.717) is 6.54 Å². The van der Waals surface area contributed by atoms with E-state index < -0.39 is 0 Å². The molecule has 1 aromatic rings. The summed E-state index contributed by atoms with van der Waals surface area (Å²) in [4.78, 5) is 14.0. The lowest BCUT2D eigenvalue weighted by molar-refractivity contribution is -0.117. The van der Waals surface area contributed by atoms with Crippen molar-refractivity contribution in [2.45, 2.75) is 13.3 Å². The molecule has 0 spiro atoms. The molecule has 1 aliphatic heterocycles. The molecule has 1 amide bonds. The van der Waals surface area contributed by atoms with E-state index in [1.54, 1.807) is 0 Å². The second-order valence-electron chi connectivity index (χ2n) is 4.48. The minimum absolute atomic E-state index is 0.0880. The van der Waals surface area contributed by atoms with Gasteiger partial charge in [-0.3, -0.25) is 4.79 Å². The van der Waals surface area contributed by atoms with Crippen molar-refractivity contribution in [2.24, 2.45) is 0 Å². The molecule has 0 unspecified atom stereocenters. The Hall–Kier alpha value is -1.97. The molecule has 0 bridgehead atoms. The molecular weight excluding hydrogens is 226 g/mol. The van der Waals surface area contributed by atoms with E-state index in [2.05, 4.69) is 17.2 Å². The molecule has 0 aliphatic carbocycles. The lowest BCUT2D eigenvalue weighted by Crippen LogP contribution is -2.36. The van der Waals surface area contributed by atoms with Gasteiger partial charge < -0.3 is 15.5 Å². The van der Waals surface area contributed by atoms with Crippen molar-refractivity contribution < 1.29 is 4.79 Å². The normalized spacial score (nSPS) is 13.1. The van der Waals surface area contributed by atoms with E-state index >= 15 is 0 Å². The van der Waals surface area contributed by atoms with Crippen LogP contribution >= 0.6 is 0 Å². The molecule has 0 fully saturated rings. The summed E-state index contributed by atoms with van der Waals surface area (Å²) in [7, 11) is 1.91. The van der Waals surface area contributed by atoms with Crippen LogP contribution in [0.2, 0.25) is 0 Å². The molecule has 0 saturated carbocycles. The van der Waals surface area contributed by atoms with Gasteiger partial charge in [-0.1, -0.05) is 12.6 Å². The van der Waals surface area contributed by atoms with Crippen molar-refractivity contribution in [1.82, 2.24) is 5.32 Å². The predicted molar refractivity (Wildman–Crippen MR) is 74.9 cm³/mol. The van der Waals surface area contributed by atoms with Gasteiger partial charge in [0, 0.05) is 36.2 Å². The number of hydrogen-bond donors (Lipinski definition) is 2. The Morgan fingerprint density at radius 3 is 2.94 bits per heavy atom. The SMILES string of the molecule is C=C(C)NCC(=O)N1CCc2c(NC)cccc21. The first-order valence-corrected chi connectivity index (χ1v) is 6.13. The number of carbonyl (C=O) groups is 1. The average Bonchev–Trinajstić information content (AvgIpc) is 2.79. The van der Waals surface area contributed by atoms with Gasteiger partial charge in [-0.15, -0.1) is 0 Å². The smallest absolute Gasteiger partial charge is 0.246 e.